The summed E-state index contributed by atoms with van der Waals surface area (Å²) in [5.41, 5.74) is 0.817. The van der Waals surface area contributed by atoms with E-state index in [2.05, 4.69) is 5.32 Å². The Bertz CT molecular complexity index is 548. The van der Waals surface area contributed by atoms with Gasteiger partial charge < -0.3 is 15.1 Å². The second-order valence-corrected chi connectivity index (χ2v) is 5.68. The van der Waals surface area contributed by atoms with Gasteiger partial charge in [-0.15, -0.1) is 0 Å². The molecule has 3 amide bonds. The van der Waals surface area contributed by atoms with Gasteiger partial charge in [-0.3, -0.25) is 4.79 Å². The van der Waals surface area contributed by atoms with Crippen molar-refractivity contribution in [1.82, 2.24) is 15.1 Å². The lowest BCUT2D eigenvalue weighted by molar-refractivity contribution is -0.128. The topological polar surface area (TPSA) is 52.7 Å². The Kier molecular flexibility index (Phi) is 5.35. The highest BCUT2D eigenvalue weighted by atomic mass is 19.1. The van der Waals surface area contributed by atoms with Crippen LogP contribution >= 0.6 is 0 Å². The van der Waals surface area contributed by atoms with Gasteiger partial charge in [-0.2, -0.15) is 0 Å². The quantitative estimate of drug-likeness (QED) is 0.926. The minimum Gasteiger partial charge on any atom is -0.349 e. The van der Waals surface area contributed by atoms with Crippen LogP contribution in [0, 0.1) is 5.82 Å². The Morgan fingerprint density at radius 2 is 2.18 bits per heavy atom. The summed E-state index contributed by atoms with van der Waals surface area (Å²) in [5.74, 6) is -0.315. The Balaban J connectivity index is 1.93. The average Bonchev–Trinajstić information content (AvgIpc) is 2.96. The van der Waals surface area contributed by atoms with Crippen molar-refractivity contribution >= 4 is 11.9 Å². The molecule has 1 aromatic carbocycles. The molecule has 6 heteroatoms. The zero-order chi connectivity index (χ0) is 16.1. The predicted molar refractivity (Wildman–Crippen MR) is 81.8 cm³/mol. The first kappa shape index (κ1) is 16.3. The molecule has 0 saturated carbocycles. The summed E-state index contributed by atoms with van der Waals surface area (Å²) < 4.78 is 13.4. The predicted octanol–water partition coefficient (Wildman–Crippen LogP) is 2.15. The summed E-state index contributed by atoms with van der Waals surface area (Å²) in [5, 5.41) is 2.77. The van der Waals surface area contributed by atoms with Crippen LogP contribution in [0.3, 0.4) is 0 Å². The van der Waals surface area contributed by atoms with Gasteiger partial charge in [0, 0.05) is 33.6 Å². The number of nitrogens with zero attached hydrogens (tertiary/aromatic N) is 2. The van der Waals surface area contributed by atoms with Gasteiger partial charge in [0.25, 0.3) is 0 Å². The molecule has 0 aliphatic carbocycles. The van der Waals surface area contributed by atoms with E-state index in [1.54, 1.807) is 25.1 Å². The monoisotopic (exact) mass is 307 g/mol. The van der Waals surface area contributed by atoms with Gasteiger partial charge in [-0.05, 0) is 30.5 Å². The molecule has 2 rings (SSSR count). The lowest BCUT2D eigenvalue weighted by Gasteiger charge is -2.25. The van der Waals surface area contributed by atoms with Crippen molar-refractivity contribution in [3.8, 4) is 0 Å². The standard InChI is InChI=1S/C16H22FN3O2/c1-19(2)15(21)8-9-18-16(22)20-10-4-7-14(20)12-5-3-6-13(17)11-12/h3,5-6,11,14H,4,7-10H2,1-2H3,(H,18,22). The van der Waals surface area contributed by atoms with Gasteiger partial charge in [-0.1, -0.05) is 12.1 Å². The Labute approximate surface area is 130 Å². The minimum absolute atomic E-state index is 0.0246. The second kappa shape index (κ2) is 7.24. The Hall–Kier alpha value is -2.11. The zero-order valence-electron chi connectivity index (χ0n) is 13.0. The lowest BCUT2D eigenvalue weighted by atomic mass is 10.0. The van der Waals surface area contributed by atoms with E-state index in [-0.39, 0.29) is 30.2 Å². The van der Waals surface area contributed by atoms with E-state index in [1.807, 2.05) is 6.07 Å². The van der Waals surface area contributed by atoms with E-state index in [1.165, 1.54) is 17.0 Å². The number of amides is 3. The van der Waals surface area contributed by atoms with Crippen LogP contribution in [0.1, 0.15) is 30.9 Å². The third kappa shape index (κ3) is 3.96. The summed E-state index contributed by atoms with van der Waals surface area (Å²) in [6, 6.07) is 6.09. The van der Waals surface area contributed by atoms with Crippen LogP contribution in [-0.2, 0) is 4.79 Å². The van der Waals surface area contributed by atoms with Gasteiger partial charge in [-0.25, -0.2) is 9.18 Å². The molecule has 120 valence electrons. The van der Waals surface area contributed by atoms with Crippen LogP contribution in [0.2, 0.25) is 0 Å². The lowest BCUT2D eigenvalue weighted by Crippen LogP contribution is -2.40. The third-order valence-corrected chi connectivity index (χ3v) is 3.86. The van der Waals surface area contributed by atoms with Crippen molar-refractivity contribution in [2.45, 2.75) is 25.3 Å². The maximum absolute atomic E-state index is 13.4. The molecular formula is C16H22FN3O2. The van der Waals surface area contributed by atoms with E-state index >= 15 is 0 Å². The van der Waals surface area contributed by atoms with E-state index in [9.17, 15) is 14.0 Å². The fourth-order valence-corrected chi connectivity index (χ4v) is 2.67. The van der Waals surface area contributed by atoms with Gasteiger partial charge in [0.1, 0.15) is 5.82 Å². The summed E-state index contributed by atoms with van der Waals surface area (Å²) in [7, 11) is 3.37. The molecule has 1 unspecified atom stereocenters. The number of carbonyl (C=O) groups is 2. The van der Waals surface area contributed by atoms with Crippen molar-refractivity contribution in [1.29, 1.82) is 0 Å². The molecule has 1 saturated heterocycles. The number of urea groups is 1. The summed E-state index contributed by atoms with van der Waals surface area (Å²) in [6.45, 7) is 0.955. The Morgan fingerprint density at radius 3 is 2.86 bits per heavy atom. The molecule has 22 heavy (non-hydrogen) atoms. The fraction of sp³-hybridized carbons (Fsp3) is 0.500. The normalized spacial score (nSPS) is 17.4. The molecule has 1 fully saturated rings. The van der Waals surface area contributed by atoms with Crippen molar-refractivity contribution in [2.24, 2.45) is 0 Å². The molecule has 0 bridgehead atoms. The average molecular weight is 307 g/mol. The number of benzene rings is 1. The van der Waals surface area contributed by atoms with Crippen LogP contribution in [-0.4, -0.2) is 48.9 Å². The zero-order valence-corrected chi connectivity index (χ0v) is 13.0. The van der Waals surface area contributed by atoms with Crippen LogP contribution in [0.15, 0.2) is 24.3 Å². The Morgan fingerprint density at radius 1 is 1.41 bits per heavy atom. The van der Waals surface area contributed by atoms with Crippen LogP contribution < -0.4 is 5.32 Å². The number of carbonyl (C=O) groups excluding carboxylic acids is 2. The van der Waals surface area contributed by atoms with Crippen molar-refractivity contribution in [3.05, 3.63) is 35.6 Å². The molecule has 1 atom stereocenters. The number of halogens is 1. The minimum atomic E-state index is -0.290. The SMILES string of the molecule is CN(C)C(=O)CCNC(=O)N1CCCC1c1cccc(F)c1. The second-order valence-electron chi connectivity index (χ2n) is 5.68. The highest BCUT2D eigenvalue weighted by Gasteiger charge is 2.29. The number of rotatable bonds is 4. The number of nitrogens with one attached hydrogen (secondary N) is 1. The van der Waals surface area contributed by atoms with Gasteiger partial charge in [0.05, 0.1) is 6.04 Å². The smallest absolute Gasteiger partial charge is 0.317 e. The van der Waals surface area contributed by atoms with E-state index < -0.39 is 0 Å². The van der Waals surface area contributed by atoms with Crippen molar-refractivity contribution in [3.63, 3.8) is 0 Å². The molecule has 0 radical (unpaired) electrons. The molecule has 0 spiro atoms. The molecule has 1 aromatic rings. The highest BCUT2D eigenvalue weighted by Crippen LogP contribution is 2.31. The van der Waals surface area contributed by atoms with Crippen LogP contribution in [0.25, 0.3) is 0 Å². The third-order valence-electron chi connectivity index (χ3n) is 3.86. The molecule has 0 aromatic heterocycles. The number of hydrogen-bond acceptors (Lipinski definition) is 2. The maximum atomic E-state index is 13.4. The number of hydrogen-bond donors (Lipinski definition) is 1. The van der Waals surface area contributed by atoms with Crippen molar-refractivity contribution < 1.29 is 14.0 Å². The van der Waals surface area contributed by atoms with Gasteiger partial charge in [0.15, 0.2) is 0 Å². The van der Waals surface area contributed by atoms with Crippen molar-refractivity contribution in [2.75, 3.05) is 27.2 Å². The van der Waals surface area contributed by atoms with E-state index in [0.717, 1.165) is 18.4 Å². The van der Waals surface area contributed by atoms with E-state index in [0.29, 0.717) is 13.1 Å². The molecule has 1 heterocycles. The van der Waals surface area contributed by atoms with Gasteiger partial charge in [0.2, 0.25) is 5.91 Å². The molecule has 1 aliphatic rings. The maximum Gasteiger partial charge on any atom is 0.317 e. The highest BCUT2D eigenvalue weighted by molar-refractivity contribution is 5.78. The molecule has 1 N–H and O–H groups in total. The first-order chi connectivity index (χ1) is 10.5. The first-order valence-electron chi connectivity index (χ1n) is 7.49. The summed E-state index contributed by atoms with van der Waals surface area (Å²) in [4.78, 5) is 27.0. The van der Waals surface area contributed by atoms with Gasteiger partial charge >= 0.3 is 6.03 Å². The fourth-order valence-electron chi connectivity index (χ4n) is 2.67. The molecule has 1 aliphatic heterocycles. The number of likely N-dealkylation sites (tertiary alicyclic amines) is 1. The van der Waals surface area contributed by atoms with Crippen LogP contribution in [0.5, 0.6) is 0 Å². The first-order valence-corrected chi connectivity index (χ1v) is 7.49. The van der Waals surface area contributed by atoms with E-state index in [4.69, 9.17) is 0 Å². The molecular weight excluding hydrogens is 285 g/mol. The summed E-state index contributed by atoms with van der Waals surface area (Å²) >= 11 is 0. The molecule has 5 nitrogen and oxygen atoms in total. The van der Waals surface area contributed by atoms with Crippen LogP contribution in [0.4, 0.5) is 9.18 Å². The summed E-state index contributed by atoms with van der Waals surface area (Å²) in [6.07, 6.45) is 2.00. The largest absolute Gasteiger partial charge is 0.349 e.